The summed E-state index contributed by atoms with van der Waals surface area (Å²) >= 11 is 6.50. The second kappa shape index (κ2) is 11.1. The topological polar surface area (TPSA) is 94.9 Å². The zero-order chi connectivity index (χ0) is 23.2. The lowest BCUT2D eigenvalue weighted by Gasteiger charge is -2.26. The Hall–Kier alpha value is -2.40. The van der Waals surface area contributed by atoms with Gasteiger partial charge in [0.15, 0.2) is 0 Å². The summed E-state index contributed by atoms with van der Waals surface area (Å²) < 4.78 is 5.79. The molecule has 2 aromatic rings. The van der Waals surface area contributed by atoms with Gasteiger partial charge in [0.2, 0.25) is 0 Å². The van der Waals surface area contributed by atoms with Crippen LogP contribution in [0.2, 0.25) is 5.02 Å². The Kier molecular flexibility index (Phi) is 8.02. The Labute approximate surface area is 201 Å². The first-order valence-corrected chi connectivity index (χ1v) is 12.3. The number of hydrogen-bond donors (Lipinski definition) is 3. The molecule has 1 saturated heterocycles. The fourth-order valence-corrected chi connectivity index (χ4v) is 4.90. The molecule has 0 bridgehead atoms. The van der Waals surface area contributed by atoms with Crippen LogP contribution >= 0.6 is 11.6 Å². The predicted octanol–water partition coefficient (Wildman–Crippen LogP) is 4.86. The van der Waals surface area contributed by atoms with Gasteiger partial charge in [-0.15, -0.1) is 0 Å². The van der Waals surface area contributed by atoms with Crippen LogP contribution < -0.4 is 16.0 Å². The van der Waals surface area contributed by atoms with Crippen molar-refractivity contribution in [3.8, 4) is 17.3 Å². The summed E-state index contributed by atoms with van der Waals surface area (Å²) in [6, 6.07) is 11.6. The molecule has 1 aliphatic carbocycles. The molecule has 3 heterocycles. The normalized spacial score (nSPS) is 25.1. The van der Waals surface area contributed by atoms with E-state index in [1.54, 1.807) is 6.20 Å². The fraction of sp³-hybridized carbons (Fsp3) is 0.560. The lowest BCUT2D eigenvalue weighted by molar-refractivity contribution is 0.0104. The highest BCUT2D eigenvalue weighted by molar-refractivity contribution is 6.33. The minimum atomic E-state index is 0.0228. The Balaban J connectivity index is 1.40. The molecule has 1 saturated carbocycles. The number of anilines is 2. The van der Waals surface area contributed by atoms with E-state index < -0.39 is 0 Å². The number of aromatic nitrogens is 2. The van der Waals surface area contributed by atoms with Gasteiger partial charge in [-0.1, -0.05) is 31.5 Å². The summed E-state index contributed by atoms with van der Waals surface area (Å²) in [7, 11) is 0. The van der Waals surface area contributed by atoms with Crippen LogP contribution in [0.1, 0.15) is 46.0 Å². The van der Waals surface area contributed by atoms with E-state index >= 15 is 0 Å². The molecule has 2 unspecified atom stereocenters. The van der Waals surface area contributed by atoms with Crippen LogP contribution in [0, 0.1) is 17.2 Å². The Bertz CT molecular complexity index is 978. The quantitative estimate of drug-likeness (QED) is 0.509. The zero-order valence-electron chi connectivity index (χ0n) is 19.4. The van der Waals surface area contributed by atoms with Crippen LogP contribution in [0.5, 0.6) is 0 Å². The SMILES string of the molecule is CC(C)N[C@@H]1CC[C@@H](Nc2cc(-c3cccc(NCC4CC(C#N)CCO4)n3)c(Cl)cn2)C1. The van der Waals surface area contributed by atoms with E-state index in [1.807, 2.05) is 24.3 Å². The van der Waals surface area contributed by atoms with Crippen LogP contribution in [0.4, 0.5) is 11.6 Å². The van der Waals surface area contributed by atoms with E-state index in [1.165, 1.54) is 6.42 Å². The van der Waals surface area contributed by atoms with Crippen molar-refractivity contribution >= 4 is 23.2 Å². The number of rotatable bonds is 8. The molecule has 2 fully saturated rings. The predicted molar refractivity (Wildman–Crippen MR) is 132 cm³/mol. The smallest absolute Gasteiger partial charge is 0.126 e. The van der Waals surface area contributed by atoms with Gasteiger partial charge < -0.3 is 20.7 Å². The number of nitrogens with zero attached hydrogens (tertiary/aromatic N) is 3. The van der Waals surface area contributed by atoms with Gasteiger partial charge in [-0.25, -0.2) is 9.97 Å². The number of hydrogen-bond acceptors (Lipinski definition) is 7. The zero-order valence-corrected chi connectivity index (χ0v) is 20.1. The molecule has 3 N–H and O–H groups in total. The highest BCUT2D eigenvalue weighted by Gasteiger charge is 2.25. The molecule has 4 atom stereocenters. The maximum atomic E-state index is 9.18. The van der Waals surface area contributed by atoms with Crippen molar-refractivity contribution in [2.24, 2.45) is 5.92 Å². The Morgan fingerprint density at radius 1 is 1.18 bits per heavy atom. The van der Waals surface area contributed by atoms with Crippen molar-refractivity contribution in [2.45, 2.75) is 70.2 Å². The van der Waals surface area contributed by atoms with E-state index in [9.17, 15) is 5.26 Å². The molecule has 2 aromatic heterocycles. The number of nitriles is 1. The van der Waals surface area contributed by atoms with Gasteiger partial charge in [0.25, 0.3) is 0 Å². The highest BCUT2D eigenvalue weighted by atomic mass is 35.5. The molecule has 0 amide bonds. The maximum absolute atomic E-state index is 9.18. The molecule has 8 heteroatoms. The maximum Gasteiger partial charge on any atom is 0.126 e. The summed E-state index contributed by atoms with van der Waals surface area (Å²) in [5.74, 6) is 1.65. The van der Waals surface area contributed by atoms with Gasteiger partial charge in [-0.3, -0.25) is 0 Å². The molecule has 4 rings (SSSR count). The number of ether oxygens (including phenoxy) is 1. The largest absolute Gasteiger partial charge is 0.376 e. The van der Waals surface area contributed by atoms with Crippen LogP contribution in [0.15, 0.2) is 30.5 Å². The summed E-state index contributed by atoms with van der Waals surface area (Å²) in [5.41, 5.74) is 1.65. The van der Waals surface area contributed by atoms with E-state index in [0.717, 1.165) is 48.6 Å². The van der Waals surface area contributed by atoms with Gasteiger partial charge in [-0.2, -0.15) is 5.26 Å². The first kappa shape index (κ1) is 23.7. The molecule has 176 valence electrons. The molecular weight excluding hydrogens is 436 g/mol. The first-order chi connectivity index (χ1) is 16.0. The van der Waals surface area contributed by atoms with Gasteiger partial charge in [0.05, 0.1) is 28.8 Å². The van der Waals surface area contributed by atoms with Crippen LogP contribution in [0.3, 0.4) is 0 Å². The van der Waals surface area contributed by atoms with Crippen molar-refractivity contribution in [2.75, 3.05) is 23.8 Å². The minimum absolute atomic E-state index is 0.0228. The van der Waals surface area contributed by atoms with E-state index in [0.29, 0.717) is 36.3 Å². The number of halogens is 1. The average molecular weight is 469 g/mol. The molecule has 2 aliphatic rings. The Morgan fingerprint density at radius 3 is 2.85 bits per heavy atom. The third-order valence-electron chi connectivity index (χ3n) is 6.29. The van der Waals surface area contributed by atoms with Gasteiger partial charge >= 0.3 is 0 Å². The standard InChI is InChI=1S/C25H33ClN6O/c1-16(2)30-18-6-7-19(11-18)31-25-12-21(22(26)15-29-25)23-4-3-5-24(32-23)28-14-20-10-17(13-27)8-9-33-20/h3-5,12,15-20,30H,6-11,14H2,1-2H3,(H,28,32)(H,29,31)/t17?,18-,19-,20?/m1/s1. The lowest BCUT2D eigenvalue weighted by Crippen LogP contribution is -2.33. The van der Waals surface area contributed by atoms with E-state index in [2.05, 4.69) is 40.9 Å². The van der Waals surface area contributed by atoms with E-state index in [4.69, 9.17) is 21.3 Å². The number of nitrogens with one attached hydrogen (secondary N) is 3. The number of pyridine rings is 2. The third kappa shape index (κ3) is 6.57. The Morgan fingerprint density at radius 2 is 2.03 bits per heavy atom. The summed E-state index contributed by atoms with van der Waals surface area (Å²) in [6.45, 7) is 5.64. The average Bonchev–Trinajstić information content (AvgIpc) is 3.25. The molecule has 0 radical (unpaired) electrons. The summed E-state index contributed by atoms with van der Waals surface area (Å²) in [4.78, 5) is 9.26. The summed E-state index contributed by atoms with van der Waals surface area (Å²) in [6.07, 6.45) is 6.66. The lowest BCUT2D eigenvalue weighted by atomic mass is 9.97. The van der Waals surface area contributed by atoms with Gasteiger partial charge in [0, 0.05) is 43.0 Å². The third-order valence-corrected chi connectivity index (χ3v) is 6.60. The highest BCUT2D eigenvalue weighted by Crippen LogP contribution is 2.30. The first-order valence-electron chi connectivity index (χ1n) is 11.9. The van der Waals surface area contributed by atoms with Crippen molar-refractivity contribution < 1.29 is 4.74 Å². The second-order valence-corrected chi connectivity index (χ2v) is 9.76. The monoisotopic (exact) mass is 468 g/mol. The molecule has 0 spiro atoms. The molecule has 1 aliphatic heterocycles. The van der Waals surface area contributed by atoms with Crippen molar-refractivity contribution in [3.63, 3.8) is 0 Å². The van der Waals surface area contributed by atoms with Crippen LogP contribution in [-0.2, 0) is 4.74 Å². The van der Waals surface area contributed by atoms with Crippen molar-refractivity contribution in [1.29, 1.82) is 5.26 Å². The molecular formula is C25H33ClN6O. The summed E-state index contributed by atoms with van der Waals surface area (Å²) in [5, 5.41) is 20.3. The molecule has 7 nitrogen and oxygen atoms in total. The minimum Gasteiger partial charge on any atom is -0.376 e. The van der Waals surface area contributed by atoms with E-state index in [-0.39, 0.29) is 12.0 Å². The molecule has 0 aromatic carbocycles. The van der Waals surface area contributed by atoms with Crippen molar-refractivity contribution in [3.05, 3.63) is 35.5 Å². The second-order valence-electron chi connectivity index (χ2n) is 9.35. The fourth-order valence-electron chi connectivity index (χ4n) is 4.70. The molecule has 33 heavy (non-hydrogen) atoms. The van der Waals surface area contributed by atoms with Crippen LogP contribution in [-0.4, -0.2) is 47.3 Å². The van der Waals surface area contributed by atoms with Gasteiger partial charge in [-0.05, 0) is 50.3 Å². The van der Waals surface area contributed by atoms with Crippen LogP contribution in [0.25, 0.3) is 11.3 Å². The van der Waals surface area contributed by atoms with Crippen molar-refractivity contribution in [1.82, 2.24) is 15.3 Å². The van der Waals surface area contributed by atoms with Gasteiger partial charge in [0.1, 0.15) is 11.6 Å².